The first-order valence-corrected chi connectivity index (χ1v) is 6.60. The fraction of sp³-hybridized carbons (Fsp3) is 0.429. The van der Waals surface area contributed by atoms with Crippen LogP contribution in [0.4, 0.5) is 0 Å². The molecular weight excluding hydrogens is 240 g/mol. The molecule has 5 heteroatoms. The van der Waals surface area contributed by atoms with E-state index in [0.29, 0.717) is 18.2 Å². The van der Waals surface area contributed by atoms with Crippen LogP contribution in [-0.2, 0) is 13.6 Å². The number of amides is 1. The Morgan fingerprint density at radius 2 is 2.37 bits per heavy atom. The Morgan fingerprint density at radius 3 is 3.00 bits per heavy atom. The molecule has 5 nitrogen and oxygen atoms in total. The third-order valence-electron chi connectivity index (χ3n) is 3.55. The molecule has 3 rings (SSSR count). The van der Waals surface area contributed by atoms with Crippen molar-refractivity contribution >= 4 is 5.91 Å². The summed E-state index contributed by atoms with van der Waals surface area (Å²) in [4.78, 5) is 15.2. The van der Waals surface area contributed by atoms with Crippen molar-refractivity contribution in [2.45, 2.75) is 32.2 Å². The van der Waals surface area contributed by atoms with Gasteiger partial charge >= 0.3 is 0 Å². The monoisotopic (exact) mass is 258 g/mol. The van der Waals surface area contributed by atoms with Crippen molar-refractivity contribution in [3.05, 3.63) is 41.0 Å². The molecule has 0 bridgehead atoms. The van der Waals surface area contributed by atoms with Crippen LogP contribution in [0.2, 0.25) is 0 Å². The highest BCUT2D eigenvalue weighted by molar-refractivity contribution is 5.94. The Hall–Kier alpha value is -2.04. The second-order valence-electron chi connectivity index (χ2n) is 5.17. The molecule has 0 radical (unpaired) electrons. The van der Waals surface area contributed by atoms with Gasteiger partial charge < -0.3 is 10.3 Å². The topological polar surface area (TPSA) is 62.7 Å². The zero-order valence-corrected chi connectivity index (χ0v) is 11.2. The molecular formula is C14H18N4O. The predicted octanol–water partition coefficient (Wildman–Crippen LogP) is 1.86. The first kappa shape index (κ1) is 12.0. The standard InChI is InChI=1S/C14H18N4O/c1-9-7-11(18(2)17-9)8-16-14(19)13-12(5-6-15-13)10-3-4-10/h5-7,10,15H,3-4,8H2,1-2H3,(H,16,19). The maximum Gasteiger partial charge on any atom is 0.268 e. The third kappa shape index (κ3) is 2.41. The van der Waals surface area contributed by atoms with Gasteiger partial charge in [0.25, 0.3) is 5.91 Å². The molecule has 0 saturated heterocycles. The van der Waals surface area contributed by atoms with Crippen molar-refractivity contribution in [2.75, 3.05) is 0 Å². The summed E-state index contributed by atoms with van der Waals surface area (Å²) < 4.78 is 1.80. The number of rotatable bonds is 4. The maximum atomic E-state index is 12.2. The van der Waals surface area contributed by atoms with Crippen LogP contribution in [0.5, 0.6) is 0 Å². The van der Waals surface area contributed by atoms with Crippen LogP contribution in [0.3, 0.4) is 0 Å². The molecule has 19 heavy (non-hydrogen) atoms. The Morgan fingerprint density at radius 1 is 1.58 bits per heavy atom. The summed E-state index contributed by atoms with van der Waals surface area (Å²) in [5, 5.41) is 7.21. The van der Waals surface area contributed by atoms with E-state index >= 15 is 0 Å². The maximum absolute atomic E-state index is 12.2. The van der Waals surface area contributed by atoms with Gasteiger partial charge in [-0.15, -0.1) is 0 Å². The van der Waals surface area contributed by atoms with Crippen molar-refractivity contribution in [3.63, 3.8) is 0 Å². The van der Waals surface area contributed by atoms with Gasteiger partial charge in [0.05, 0.1) is 17.9 Å². The summed E-state index contributed by atoms with van der Waals surface area (Å²) in [7, 11) is 1.89. The molecule has 0 unspecified atom stereocenters. The number of aryl methyl sites for hydroxylation is 2. The number of nitrogens with zero attached hydrogens (tertiary/aromatic N) is 2. The molecule has 1 aliphatic rings. The average Bonchev–Trinajstić information content (AvgIpc) is 3.01. The number of nitrogens with one attached hydrogen (secondary N) is 2. The Kier molecular flexibility index (Phi) is 2.89. The van der Waals surface area contributed by atoms with E-state index in [9.17, 15) is 4.79 Å². The lowest BCUT2D eigenvalue weighted by molar-refractivity contribution is 0.0944. The molecule has 100 valence electrons. The minimum absolute atomic E-state index is 0.0363. The number of carbonyl (C=O) groups is 1. The van der Waals surface area contributed by atoms with Crippen molar-refractivity contribution in [1.29, 1.82) is 0 Å². The summed E-state index contributed by atoms with van der Waals surface area (Å²) in [6.45, 7) is 2.45. The van der Waals surface area contributed by atoms with Gasteiger partial charge in [0.1, 0.15) is 5.69 Å². The second-order valence-corrected chi connectivity index (χ2v) is 5.17. The zero-order valence-electron chi connectivity index (χ0n) is 11.2. The van der Waals surface area contributed by atoms with Crippen LogP contribution >= 0.6 is 0 Å². The van der Waals surface area contributed by atoms with E-state index in [1.165, 1.54) is 12.8 Å². The molecule has 0 spiro atoms. The van der Waals surface area contributed by atoms with E-state index < -0.39 is 0 Å². The van der Waals surface area contributed by atoms with Gasteiger partial charge in [0.2, 0.25) is 0 Å². The molecule has 2 aromatic heterocycles. The molecule has 0 aromatic carbocycles. The van der Waals surface area contributed by atoms with Gasteiger partial charge in [-0.25, -0.2) is 0 Å². The Labute approximate surface area is 112 Å². The summed E-state index contributed by atoms with van der Waals surface area (Å²) in [5.41, 5.74) is 3.83. The third-order valence-corrected chi connectivity index (χ3v) is 3.55. The minimum Gasteiger partial charge on any atom is -0.357 e. The lowest BCUT2D eigenvalue weighted by Gasteiger charge is -2.06. The molecule has 1 fully saturated rings. The van der Waals surface area contributed by atoms with E-state index in [1.807, 2.05) is 32.3 Å². The first-order valence-electron chi connectivity index (χ1n) is 6.60. The number of hydrogen-bond acceptors (Lipinski definition) is 2. The van der Waals surface area contributed by atoms with Gasteiger partial charge in [0, 0.05) is 13.2 Å². The number of carbonyl (C=O) groups excluding carboxylic acids is 1. The van der Waals surface area contributed by atoms with Crippen LogP contribution in [0, 0.1) is 6.92 Å². The Bertz CT molecular complexity index is 607. The van der Waals surface area contributed by atoms with Gasteiger partial charge in [-0.2, -0.15) is 5.10 Å². The van der Waals surface area contributed by atoms with Crippen molar-refractivity contribution in [2.24, 2.45) is 7.05 Å². The second kappa shape index (κ2) is 4.57. The number of aromatic amines is 1. The molecule has 2 heterocycles. The van der Waals surface area contributed by atoms with Crippen molar-refractivity contribution in [3.8, 4) is 0 Å². The number of hydrogen-bond donors (Lipinski definition) is 2. The molecule has 2 N–H and O–H groups in total. The van der Waals surface area contributed by atoms with E-state index in [-0.39, 0.29) is 5.91 Å². The molecule has 2 aromatic rings. The highest BCUT2D eigenvalue weighted by atomic mass is 16.1. The van der Waals surface area contributed by atoms with Crippen molar-refractivity contribution in [1.82, 2.24) is 20.1 Å². The van der Waals surface area contributed by atoms with Crippen LogP contribution in [0.15, 0.2) is 18.3 Å². The summed E-state index contributed by atoms with van der Waals surface area (Å²) in [5.74, 6) is 0.539. The zero-order chi connectivity index (χ0) is 13.4. The van der Waals surface area contributed by atoms with E-state index in [0.717, 1.165) is 17.0 Å². The van der Waals surface area contributed by atoms with Crippen LogP contribution in [-0.4, -0.2) is 20.7 Å². The summed E-state index contributed by atoms with van der Waals surface area (Å²) in [6, 6.07) is 4.00. The van der Waals surface area contributed by atoms with Gasteiger partial charge in [-0.1, -0.05) is 0 Å². The normalized spacial score (nSPS) is 14.6. The molecule has 1 amide bonds. The fourth-order valence-corrected chi connectivity index (χ4v) is 2.40. The quantitative estimate of drug-likeness (QED) is 0.879. The smallest absolute Gasteiger partial charge is 0.268 e. The SMILES string of the molecule is Cc1cc(CNC(=O)c2[nH]ccc2C2CC2)n(C)n1. The van der Waals surface area contributed by atoms with E-state index in [4.69, 9.17) is 0 Å². The van der Waals surface area contributed by atoms with Crippen LogP contribution in [0.1, 0.15) is 46.2 Å². The summed E-state index contributed by atoms with van der Waals surface area (Å²) >= 11 is 0. The Balaban J connectivity index is 1.68. The van der Waals surface area contributed by atoms with Gasteiger partial charge in [-0.05, 0) is 43.4 Å². The highest BCUT2D eigenvalue weighted by Crippen LogP contribution is 2.41. The van der Waals surface area contributed by atoms with Crippen molar-refractivity contribution < 1.29 is 4.79 Å². The highest BCUT2D eigenvalue weighted by Gasteiger charge is 2.28. The molecule has 1 aliphatic carbocycles. The van der Waals surface area contributed by atoms with Crippen LogP contribution < -0.4 is 5.32 Å². The molecule has 1 saturated carbocycles. The fourth-order valence-electron chi connectivity index (χ4n) is 2.40. The van der Waals surface area contributed by atoms with Crippen LogP contribution in [0.25, 0.3) is 0 Å². The molecule has 0 atom stereocenters. The number of aromatic nitrogens is 3. The largest absolute Gasteiger partial charge is 0.357 e. The van der Waals surface area contributed by atoms with Gasteiger partial charge in [-0.3, -0.25) is 9.48 Å². The number of H-pyrrole nitrogens is 1. The summed E-state index contributed by atoms with van der Waals surface area (Å²) in [6.07, 6.45) is 4.23. The van der Waals surface area contributed by atoms with E-state index in [1.54, 1.807) is 4.68 Å². The van der Waals surface area contributed by atoms with E-state index in [2.05, 4.69) is 15.4 Å². The minimum atomic E-state index is -0.0363. The average molecular weight is 258 g/mol. The lowest BCUT2D eigenvalue weighted by Crippen LogP contribution is -2.25. The first-order chi connectivity index (χ1) is 9.15. The predicted molar refractivity (Wildman–Crippen MR) is 71.9 cm³/mol. The lowest BCUT2D eigenvalue weighted by atomic mass is 10.1. The molecule has 0 aliphatic heterocycles. The van der Waals surface area contributed by atoms with Gasteiger partial charge in [0.15, 0.2) is 0 Å².